The molecule has 0 bridgehead atoms. The topological polar surface area (TPSA) is 55.8 Å². The van der Waals surface area contributed by atoms with Crippen molar-refractivity contribution in [3.05, 3.63) is 29.8 Å². The molecule has 5 nitrogen and oxygen atoms in total. The lowest BCUT2D eigenvalue weighted by atomic mass is 10.00. The van der Waals surface area contributed by atoms with Crippen LogP contribution in [0.2, 0.25) is 0 Å². The van der Waals surface area contributed by atoms with Gasteiger partial charge in [0.25, 0.3) is 0 Å². The third kappa shape index (κ3) is 2.99. The van der Waals surface area contributed by atoms with E-state index in [1.54, 1.807) is 31.3 Å². The molecule has 0 saturated carbocycles. The van der Waals surface area contributed by atoms with E-state index in [9.17, 15) is 9.59 Å². The zero-order valence-corrected chi connectivity index (χ0v) is 11.8. The Balaban J connectivity index is 2.21. The normalized spacial score (nSPS) is 18.4. The fourth-order valence-electron chi connectivity index (χ4n) is 2.38. The van der Waals surface area contributed by atoms with Crippen molar-refractivity contribution in [2.75, 3.05) is 32.3 Å². The van der Waals surface area contributed by atoms with Crippen molar-refractivity contribution < 1.29 is 19.1 Å². The zero-order valence-electron chi connectivity index (χ0n) is 11.8. The molecule has 0 aliphatic carbocycles. The van der Waals surface area contributed by atoms with Crippen molar-refractivity contribution in [1.29, 1.82) is 0 Å². The Kier molecular flexibility index (Phi) is 4.74. The molecular formula is C15H19NO4. The van der Waals surface area contributed by atoms with Gasteiger partial charge in [-0.3, -0.25) is 4.79 Å². The molecule has 1 aromatic rings. The second-order valence-electron chi connectivity index (χ2n) is 4.82. The maximum atomic E-state index is 12.5. The van der Waals surface area contributed by atoms with Crippen LogP contribution in [0.15, 0.2) is 24.3 Å². The maximum Gasteiger partial charge on any atom is 0.339 e. The molecule has 1 aliphatic rings. The molecule has 1 atom stereocenters. The van der Waals surface area contributed by atoms with Gasteiger partial charge in [0.2, 0.25) is 5.91 Å². The summed E-state index contributed by atoms with van der Waals surface area (Å²) in [6.07, 6.45) is 1.71. The van der Waals surface area contributed by atoms with E-state index in [2.05, 4.69) is 0 Å². The van der Waals surface area contributed by atoms with Crippen LogP contribution in [0.5, 0.6) is 0 Å². The van der Waals surface area contributed by atoms with Crippen molar-refractivity contribution in [2.45, 2.75) is 12.8 Å². The van der Waals surface area contributed by atoms with Gasteiger partial charge in [-0.2, -0.15) is 0 Å². The molecule has 0 N–H and O–H groups in total. The van der Waals surface area contributed by atoms with Crippen LogP contribution in [0, 0.1) is 5.92 Å². The van der Waals surface area contributed by atoms with E-state index >= 15 is 0 Å². The SMILES string of the molecule is COC(=O)c1ccccc1N(C)C(=O)C1CCCOC1. The number of nitrogens with zero attached hydrogens (tertiary/aromatic N) is 1. The highest BCUT2D eigenvalue weighted by atomic mass is 16.5. The van der Waals surface area contributed by atoms with Crippen LogP contribution in [0.3, 0.4) is 0 Å². The summed E-state index contributed by atoms with van der Waals surface area (Å²) in [7, 11) is 3.01. The number of anilines is 1. The summed E-state index contributed by atoms with van der Waals surface area (Å²) >= 11 is 0. The van der Waals surface area contributed by atoms with Gasteiger partial charge in [-0.15, -0.1) is 0 Å². The Bertz CT molecular complexity index is 494. The van der Waals surface area contributed by atoms with Crippen molar-refractivity contribution in [2.24, 2.45) is 5.92 Å². The summed E-state index contributed by atoms with van der Waals surface area (Å²) in [6.45, 7) is 1.16. The summed E-state index contributed by atoms with van der Waals surface area (Å²) in [6, 6.07) is 6.94. The van der Waals surface area contributed by atoms with Gasteiger partial charge in [-0.1, -0.05) is 12.1 Å². The molecular weight excluding hydrogens is 258 g/mol. The van der Waals surface area contributed by atoms with E-state index in [4.69, 9.17) is 9.47 Å². The summed E-state index contributed by atoms with van der Waals surface area (Å²) in [5.41, 5.74) is 0.956. The van der Waals surface area contributed by atoms with Crippen LogP contribution in [-0.2, 0) is 14.3 Å². The average molecular weight is 277 g/mol. The molecule has 2 rings (SSSR count). The first kappa shape index (κ1) is 14.5. The number of hydrogen-bond acceptors (Lipinski definition) is 4. The molecule has 108 valence electrons. The highest BCUT2D eigenvalue weighted by Crippen LogP contribution is 2.24. The Labute approximate surface area is 118 Å². The fourth-order valence-corrected chi connectivity index (χ4v) is 2.38. The van der Waals surface area contributed by atoms with Crippen LogP contribution in [0.4, 0.5) is 5.69 Å². The first-order chi connectivity index (χ1) is 9.65. The largest absolute Gasteiger partial charge is 0.465 e. The zero-order chi connectivity index (χ0) is 14.5. The first-order valence-electron chi connectivity index (χ1n) is 6.67. The van der Waals surface area contributed by atoms with E-state index in [0.717, 1.165) is 12.8 Å². The van der Waals surface area contributed by atoms with Gasteiger partial charge in [0, 0.05) is 13.7 Å². The number of carbonyl (C=O) groups is 2. The molecule has 1 unspecified atom stereocenters. The molecule has 1 amide bonds. The number of carbonyl (C=O) groups excluding carboxylic acids is 2. The Morgan fingerprint density at radius 1 is 1.35 bits per heavy atom. The monoisotopic (exact) mass is 277 g/mol. The first-order valence-corrected chi connectivity index (χ1v) is 6.67. The van der Waals surface area contributed by atoms with Gasteiger partial charge in [0.05, 0.1) is 30.9 Å². The predicted octanol–water partition coefficient (Wildman–Crippen LogP) is 1.86. The highest BCUT2D eigenvalue weighted by Gasteiger charge is 2.27. The maximum absolute atomic E-state index is 12.5. The summed E-state index contributed by atoms with van der Waals surface area (Å²) in [5.74, 6) is -0.611. The number of rotatable bonds is 3. The van der Waals surface area contributed by atoms with Crippen LogP contribution >= 0.6 is 0 Å². The van der Waals surface area contributed by atoms with Crippen molar-refractivity contribution >= 4 is 17.6 Å². The Hall–Kier alpha value is -1.88. The number of hydrogen-bond donors (Lipinski definition) is 0. The van der Waals surface area contributed by atoms with E-state index in [-0.39, 0.29) is 11.8 Å². The van der Waals surface area contributed by atoms with Gasteiger partial charge in [-0.25, -0.2) is 4.79 Å². The Morgan fingerprint density at radius 3 is 2.75 bits per heavy atom. The van der Waals surface area contributed by atoms with Crippen LogP contribution in [0.25, 0.3) is 0 Å². The van der Waals surface area contributed by atoms with Crippen molar-refractivity contribution in [1.82, 2.24) is 0 Å². The van der Waals surface area contributed by atoms with E-state index in [1.165, 1.54) is 12.0 Å². The highest BCUT2D eigenvalue weighted by molar-refractivity contribution is 6.03. The smallest absolute Gasteiger partial charge is 0.339 e. The number of amides is 1. The minimum atomic E-state index is -0.444. The standard InChI is InChI=1S/C15H19NO4/c1-16(14(17)11-6-5-9-20-10-11)13-8-4-3-7-12(13)15(18)19-2/h3-4,7-8,11H,5-6,9-10H2,1-2H3. The fraction of sp³-hybridized carbons (Fsp3) is 0.467. The van der Waals surface area contributed by atoms with Gasteiger partial charge < -0.3 is 14.4 Å². The summed E-state index contributed by atoms with van der Waals surface area (Å²) < 4.78 is 10.1. The molecule has 20 heavy (non-hydrogen) atoms. The number of methoxy groups -OCH3 is 1. The lowest BCUT2D eigenvalue weighted by Crippen LogP contribution is -2.37. The van der Waals surface area contributed by atoms with Gasteiger partial charge in [0.1, 0.15) is 0 Å². The van der Waals surface area contributed by atoms with Crippen molar-refractivity contribution in [3.63, 3.8) is 0 Å². The van der Waals surface area contributed by atoms with Crippen molar-refractivity contribution in [3.8, 4) is 0 Å². The van der Waals surface area contributed by atoms with Crippen LogP contribution in [-0.4, -0.2) is 39.2 Å². The van der Waals surface area contributed by atoms with Crippen LogP contribution < -0.4 is 4.90 Å². The average Bonchev–Trinajstić information content (AvgIpc) is 2.53. The van der Waals surface area contributed by atoms with Crippen LogP contribution in [0.1, 0.15) is 23.2 Å². The predicted molar refractivity (Wildman–Crippen MR) is 74.7 cm³/mol. The van der Waals surface area contributed by atoms with Gasteiger partial charge in [-0.05, 0) is 25.0 Å². The quantitative estimate of drug-likeness (QED) is 0.791. The molecule has 1 aromatic carbocycles. The van der Waals surface area contributed by atoms with Gasteiger partial charge >= 0.3 is 5.97 Å². The number of para-hydroxylation sites is 1. The lowest BCUT2D eigenvalue weighted by molar-refractivity contribution is -0.125. The summed E-state index contributed by atoms with van der Waals surface area (Å²) in [4.78, 5) is 25.7. The summed E-state index contributed by atoms with van der Waals surface area (Å²) in [5, 5.41) is 0. The minimum absolute atomic E-state index is 0.0268. The van der Waals surface area contributed by atoms with Gasteiger partial charge in [0.15, 0.2) is 0 Å². The molecule has 0 aromatic heterocycles. The molecule has 1 heterocycles. The molecule has 0 spiro atoms. The number of esters is 1. The third-order valence-corrected chi connectivity index (χ3v) is 3.51. The second kappa shape index (κ2) is 6.52. The number of benzene rings is 1. The molecule has 5 heteroatoms. The number of ether oxygens (including phenoxy) is 2. The second-order valence-corrected chi connectivity index (χ2v) is 4.82. The minimum Gasteiger partial charge on any atom is -0.465 e. The molecule has 0 radical (unpaired) electrons. The molecule has 1 fully saturated rings. The molecule has 1 saturated heterocycles. The van der Waals surface area contributed by atoms with E-state index in [1.807, 2.05) is 0 Å². The molecule has 1 aliphatic heterocycles. The van der Waals surface area contributed by atoms with E-state index < -0.39 is 5.97 Å². The Morgan fingerprint density at radius 2 is 2.10 bits per heavy atom. The third-order valence-electron chi connectivity index (χ3n) is 3.51. The van der Waals surface area contributed by atoms with E-state index in [0.29, 0.717) is 24.5 Å². The lowest BCUT2D eigenvalue weighted by Gasteiger charge is -2.27.